The molecule has 3 heteroatoms. The van der Waals surface area contributed by atoms with E-state index in [0.29, 0.717) is 0 Å². The van der Waals surface area contributed by atoms with Crippen LogP contribution in [0.3, 0.4) is 0 Å². The number of hydrogen-bond donors (Lipinski definition) is 0. The summed E-state index contributed by atoms with van der Waals surface area (Å²) in [5.41, 5.74) is 4.15. The van der Waals surface area contributed by atoms with Crippen LogP contribution in [0, 0.1) is 13.8 Å². The maximum atomic E-state index is 12.1. The Hall–Kier alpha value is -1.74. The summed E-state index contributed by atoms with van der Waals surface area (Å²) < 4.78 is 16.4. The Kier molecular flexibility index (Phi) is 4.27. The zero-order valence-corrected chi connectivity index (χ0v) is 12.2. The zero-order valence-electron chi connectivity index (χ0n) is 11.4. The van der Waals surface area contributed by atoms with Crippen molar-refractivity contribution in [3.05, 3.63) is 65.2 Å². The van der Waals surface area contributed by atoms with Crippen LogP contribution >= 0.6 is 0 Å². The standard InChI is InChI=1S/C16H17NOS/c1-12-4-8-15(9-5-12)14(3)17-19(18)16-10-6-13(2)7-11-16/h4-11H,1-3H3/b17-14+. The predicted octanol–water partition coefficient (Wildman–Crippen LogP) is 3.84. The van der Waals surface area contributed by atoms with Crippen molar-refractivity contribution in [2.24, 2.45) is 4.40 Å². The number of rotatable bonds is 3. The fraction of sp³-hybridized carbons (Fsp3) is 0.188. The summed E-state index contributed by atoms with van der Waals surface area (Å²) >= 11 is 0. The first-order chi connectivity index (χ1) is 9.06. The van der Waals surface area contributed by atoms with E-state index in [9.17, 15) is 4.21 Å². The average Bonchev–Trinajstić information content (AvgIpc) is 2.40. The highest BCUT2D eigenvalue weighted by Gasteiger charge is 2.04. The topological polar surface area (TPSA) is 29.4 Å². The molecule has 2 nitrogen and oxygen atoms in total. The molecule has 2 aromatic carbocycles. The van der Waals surface area contributed by atoms with Gasteiger partial charge in [-0.3, -0.25) is 0 Å². The van der Waals surface area contributed by atoms with Gasteiger partial charge in [0.25, 0.3) is 0 Å². The molecule has 0 aromatic heterocycles. The fourth-order valence-electron chi connectivity index (χ4n) is 1.68. The Bertz CT molecular complexity index is 612. The summed E-state index contributed by atoms with van der Waals surface area (Å²) in [6, 6.07) is 15.7. The van der Waals surface area contributed by atoms with Gasteiger partial charge in [0.2, 0.25) is 0 Å². The highest BCUT2D eigenvalue weighted by molar-refractivity contribution is 7.83. The van der Waals surface area contributed by atoms with Crippen molar-refractivity contribution in [3.8, 4) is 0 Å². The first-order valence-corrected chi connectivity index (χ1v) is 7.28. The quantitative estimate of drug-likeness (QED) is 0.780. The Labute approximate surface area is 116 Å². The van der Waals surface area contributed by atoms with E-state index in [2.05, 4.69) is 4.40 Å². The second kappa shape index (κ2) is 5.93. The van der Waals surface area contributed by atoms with Crippen molar-refractivity contribution in [2.75, 3.05) is 0 Å². The third-order valence-corrected chi connectivity index (χ3v) is 4.03. The van der Waals surface area contributed by atoms with Gasteiger partial charge in [-0.15, -0.1) is 0 Å². The van der Waals surface area contributed by atoms with Crippen LogP contribution in [0.4, 0.5) is 0 Å². The molecule has 0 saturated carbocycles. The summed E-state index contributed by atoms with van der Waals surface area (Å²) in [5, 5.41) is 0. The van der Waals surface area contributed by atoms with Gasteiger partial charge in [-0.2, -0.15) is 4.40 Å². The van der Waals surface area contributed by atoms with Gasteiger partial charge in [0.15, 0.2) is 11.0 Å². The van der Waals surface area contributed by atoms with E-state index in [1.807, 2.05) is 69.3 Å². The van der Waals surface area contributed by atoms with Gasteiger partial charge in [-0.05, 0) is 38.5 Å². The monoisotopic (exact) mass is 271 g/mol. The molecule has 0 aliphatic heterocycles. The maximum absolute atomic E-state index is 12.1. The lowest BCUT2D eigenvalue weighted by atomic mass is 10.1. The molecule has 1 atom stereocenters. The molecule has 0 amide bonds. The molecule has 2 rings (SSSR count). The highest BCUT2D eigenvalue weighted by Crippen LogP contribution is 2.11. The number of hydrogen-bond acceptors (Lipinski definition) is 1. The molecular formula is C16H17NOS. The van der Waals surface area contributed by atoms with Crippen LogP contribution in [0.5, 0.6) is 0 Å². The van der Waals surface area contributed by atoms with Crippen molar-refractivity contribution >= 4 is 16.7 Å². The normalized spacial score (nSPS) is 13.3. The van der Waals surface area contributed by atoms with E-state index in [4.69, 9.17) is 0 Å². The van der Waals surface area contributed by atoms with Gasteiger partial charge in [0, 0.05) is 0 Å². The van der Waals surface area contributed by atoms with Crippen molar-refractivity contribution in [1.82, 2.24) is 0 Å². The zero-order chi connectivity index (χ0) is 13.8. The van der Waals surface area contributed by atoms with Gasteiger partial charge < -0.3 is 0 Å². The first-order valence-electron chi connectivity index (χ1n) is 6.17. The lowest BCUT2D eigenvalue weighted by Crippen LogP contribution is -1.98. The molecule has 0 fully saturated rings. The van der Waals surface area contributed by atoms with Gasteiger partial charge in [0.1, 0.15) is 0 Å². The van der Waals surface area contributed by atoms with E-state index in [-0.39, 0.29) is 0 Å². The smallest absolute Gasteiger partial charge is 0.172 e. The lowest BCUT2D eigenvalue weighted by Gasteiger charge is -2.02. The summed E-state index contributed by atoms with van der Waals surface area (Å²) in [5.74, 6) is 0. The van der Waals surface area contributed by atoms with Gasteiger partial charge in [-0.25, -0.2) is 4.21 Å². The predicted molar refractivity (Wildman–Crippen MR) is 81.0 cm³/mol. The van der Waals surface area contributed by atoms with Crippen LogP contribution in [-0.2, 0) is 11.0 Å². The lowest BCUT2D eigenvalue weighted by molar-refractivity contribution is 0.684. The number of nitrogens with zero attached hydrogens (tertiary/aromatic N) is 1. The Balaban J connectivity index is 2.22. The molecule has 19 heavy (non-hydrogen) atoms. The minimum atomic E-state index is -1.34. The number of benzene rings is 2. The van der Waals surface area contributed by atoms with Crippen molar-refractivity contribution in [2.45, 2.75) is 25.7 Å². The molecule has 0 bridgehead atoms. The van der Waals surface area contributed by atoms with E-state index in [1.165, 1.54) is 5.56 Å². The van der Waals surface area contributed by atoms with Crippen LogP contribution in [0.2, 0.25) is 0 Å². The molecule has 0 spiro atoms. The molecule has 98 valence electrons. The van der Waals surface area contributed by atoms with Crippen LogP contribution in [0.25, 0.3) is 0 Å². The van der Waals surface area contributed by atoms with Gasteiger partial charge in [-0.1, -0.05) is 47.5 Å². The van der Waals surface area contributed by atoms with Crippen LogP contribution < -0.4 is 0 Å². The van der Waals surface area contributed by atoms with Crippen LogP contribution in [0.15, 0.2) is 57.8 Å². The Morgan fingerprint density at radius 3 is 1.89 bits per heavy atom. The fourth-order valence-corrected chi connectivity index (χ4v) is 2.51. The van der Waals surface area contributed by atoms with E-state index in [0.717, 1.165) is 21.7 Å². The molecule has 0 aliphatic rings. The third kappa shape index (κ3) is 3.61. The van der Waals surface area contributed by atoms with E-state index >= 15 is 0 Å². The van der Waals surface area contributed by atoms with E-state index < -0.39 is 11.0 Å². The summed E-state index contributed by atoms with van der Waals surface area (Å²) in [7, 11) is -1.34. The Morgan fingerprint density at radius 2 is 1.37 bits per heavy atom. The second-order valence-electron chi connectivity index (χ2n) is 4.60. The third-order valence-electron chi connectivity index (χ3n) is 2.91. The molecule has 2 aromatic rings. The maximum Gasteiger partial charge on any atom is 0.172 e. The van der Waals surface area contributed by atoms with Crippen molar-refractivity contribution in [3.63, 3.8) is 0 Å². The first kappa shape index (κ1) is 13.7. The minimum absolute atomic E-state index is 0.733. The molecule has 0 N–H and O–H groups in total. The molecular weight excluding hydrogens is 254 g/mol. The summed E-state index contributed by atoms with van der Waals surface area (Å²) in [6.45, 7) is 5.94. The second-order valence-corrected chi connectivity index (χ2v) is 5.76. The van der Waals surface area contributed by atoms with Gasteiger partial charge in [0.05, 0.1) is 10.6 Å². The Morgan fingerprint density at radius 1 is 0.895 bits per heavy atom. The number of aryl methyl sites for hydroxylation is 2. The SMILES string of the molecule is C/C(=N\S(=O)c1ccc(C)cc1)c1ccc(C)cc1. The van der Waals surface area contributed by atoms with Gasteiger partial charge >= 0.3 is 0 Å². The van der Waals surface area contributed by atoms with E-state index in [1.54, 1.807) is 0 Å². The molecule has 0 aliphatic carbocycles. The van der Waals surface area contributed by atoms with Crippen LogP contribution in [0.1, 0.15) is 23.6 Å². The molecule has 0 heterocycles. The largest absolute Gasteiger partial charge is 0.229 e. The summed E-state index contributed by atoms with van der Waals surface area (Å²) in [4.78, 5) is 0.733. The molecule has 1 unspecified atom stereocenters. The average molecular weight is 271 g/mol. The van der Waals surface area contributed by atoms with Crippen molar-refractivity contribution < 1.29 is 4.21 Å². The molecule has 0 radical (unpaired) electrons. The minimum Gasteiger partial charge on any atom is -0.229 e. The van der Waals surface area contributed by atoms with Crippen LogP contribution in [-0.4, -0.2) is 9.92 Å². The molecule has 0 saturated heterocycles. The highest BCUT2D eigenvalue weighted by atomic mass is 32.2. The van der Waals surface area contributed by atoms with Crippen molar-refractivity contribution in [1.29, 1.82) is 0 Å². The summed E-state index contributed by atoms with van der Waals surface area (Å²) in [6.07, 6.45) is 0.